The van der Waals surface area contributed by atoms with E-state index in [1.807, 2.05) is 0 Å². The number of ketones is 1. The lowest BCUT2D eigenvalue weighted by Crippen LogP contribution is -2.42. The lowest BCUT2D eigenvalue weighted by Gasteiger charge is -2.19. The Balaban J connectivity index is 1.98. The minimum atomic E-state index is -1.18. The highest BCUT2D eigenvalue weighted by Gasteiger charge is 2.25. The highest BCUT2D eigenvalue weighted by molar-refractivity contribution is 6.03. The first-order chi connectivity index (χ1) is 12.2. The highest BCUT2D eigenvalue weighted by Crippen LogP contribution is 2.12. The van der Waals surface area contributed by atoms with Crippen molar-refractivity contribution in [3.8, 4) is 0 Å². The molecule has 1 N–H and O–H groups in total. The summed E-state index contributed by atoms with van der Waals surface area (Å²) in [5.74, 6) is -0.856. The molecule has 3 rings (SSSR count). The van der Waals surface area contributed by atoms with Gasteiger partial charge in [0.2, 0.25) is 5.78 Å². The average Bonchev–Trinajstić information content (AvgIpc) is 2.67. The number of Topliss-reactive ketones (excluding diaryl/α,β-unsaturated/α-hetero) is 1. The van der Waals surface area contributed by atoms with Gasteiger partial charge in [0, 0.05) is 23.5 Å². The molecule has 0 spiro atoms. The Bertz CT molecular complexity index is 937. The van der Waals surface area contributed by atoms with E-state index < -0.39 is 23.5 Å². The molecule has 6 heteroatoms. The van der Waals surface area contributed by atoms with Crippen LogP contribution in [0.15, 0.2) is 83.9 Å². The lowest BCUT2D eigenvalue weighted by atomic mass is 10.1. The number of rotatable bonds is 5. The summed E-state index contributed by atoms with van der Waals surface area (Å²) in [6.45, 7) is 0. The molecule has 1 heterocycles. The molecule has 0 bridgehead atoms. The van der Waals surface area contributed by atoms with Crippen LogP contribution in [0.5, 0.6) is 0 Å². The fraction of sp³-hybridized carbons (Fsp3) is 0.0526. The van der Waals surface area contributed by atoms with Crippen molar-refractivity contribution >= 4 is 11.7 Å². The van der Waals surface area contributed by atoms with Crippen molar-refractivity contribution in [3.05, 3.63) is 101 Å². The third-order valence-corrected chi connectivity index (χ3v) is 3.63. The Morgan fingerprint density at radius 2 is 1.48 bits per heavy atom. The number of carbonyl (C=O) groups excluding carboxylic acids is 2. The molecule has 3 aromatic rings. The fourth-order valence-corrected chi connectivity index (χ4v) is 2.38. The van der Waals surface area contributed by atoms with Gasteiger partial charge in [-0.25, -0.2) is 9.78 Å². The van der Waals surface area contributed by atoms with E-state index in [4.69, 9.17) is 0 Å². The maximum atomic E-state index is 12.9. The molecule has 0 aliphatic heterocycles. The number of benzene rings is 2. The van der Waals surface area contributed by atoms with Gasteiger partial charge >= 0.3 is 5.69 Å². The molecular formula is C19H15N3O3. The van der Waals surface area contributed by atoms with Gasteiger partial charge in [0.1, 0.15) is 0 Å². The second kappa shape index (κ2) is 7.35. The first kappa shape index (κ1) is 16.3. The predicted octanol–water partition coefficient (Wildman–Crippen LogP) is 2.05. The minimum absolute atomic E-state index is 0.386. The molecule has 0 saturated carbocycles. The van der Waals surface area contributed by atoms with Crippen LogP contribution >= 0.6 is 0 Å². The molecule has 2 aromatic carbocycles. The standard InChI is InChI=1S/C19H15N3O3/c23-16(14-8-3-1-4-9-14)17(22-13-7-12-20-19(22)25)21-18(24)15-10-5-2-6-11-15/h1-13,17H,(H,21,24)/t17-/m1/s1. The van der Waals surface area contributed by atoms with E-state index in [0.717, 1.165) is 4.57 Å². The van der Waals surface area contributed by atoms with Crippen LogP contribution in [0.1, 0.15) is 26.9 Å². The van der Waals surface area contributed by atoms with Crippen LogP contribution in [0.4, 0.5) is 0 Å². The predicted molar refractivity (Wildman–Crippen MR) is 92.2 cm³/mol. The zero-order valence-corrected chi connectivity index (χ0v) is 13.2. The Morgan fingerprint density at radius 3 is 2.08 bits per heavy atom. The molecule has 6 nitrogen and oxygen atoms in total. The van der Waals surface area contributed by atoms with Crippen molar-refractivity contribution in [2.75, 3.05) is 0 Å². The summed E-state index contributed by atoms with van der Waals surface area (Å²) in [4.78, 5) is 41.1. The molecule has 0 aliphatic carbocycles. The van der Waals surface area contributed by atoms with Gasteiger partial charge in [-0.15, -0.1) is 0 Å². The van der Waals surface area contributed by atoms with E-state index in [2.05, 4.69) is 10.3 Å². The molecule has 0 fully saturated rings. The molecule has 1 amide bonds. The lowest BCUT2D eigenvalue weighted by molar-refractivity contribution is 0.0812. The Hall–Kier alpha value is -3.54. The normalized spacial score (nSPS) is 11.5. The van der Waals surface area contributed by atoms with Gasteiger partial charge in [-0.05, 0) is 18.2 Å². The van der Waals surface area contributed by atoms with Crippen LogP contribution in [-0.4, -0.2) is 21.2 Å². The second-order valence-corrected chi connectivity index (χ2v) is 5.28. The Kier molecular flexibility index (Phi) is 4.80. The van der Waals surface area contributed by atoms with Crippen molar-refractivity contribution in [1.29, 1.82) is 0 Å². The average molecular weight is 333 g/mol. The van der Waals surface area contributed by atoms with Gasteiger partial charge in [-0.3, -0.25) is 14.2 Å². The van der Waals surface area contributed by atoms with Crippen molar-refractivity contribution in [3.63, 3.8) is 0 Å². The largest absolute Gasteiger partial charge is 0.349 e. The molecule has 0 radical (unpaired) electrons. The first-order valence-corrected chi connectivity index (χ1v) is 7.65. The van der Waals surface area contributed by atoms with Gasteiger partial charge in [0.15, 0.2) is 6.17 Å². The smallest absolute Gasteiger partial charge is 0.325 e. The SMILES string of the molecule is O=C(N[C@@H](C(=O)c1ccccc1)n1cccnc1=O)c1ccccc1. The summed E-state index contributed by atoms with van der Waals surface area (Å²) in [5.41, 5.74) is 0.159. The van der Waals surface area contributed by atoms with E-state index in [-0.39, 0.29) is 0 Å². The van der Waals surface area contributed by atoms with Crippen LogP contribution in [0.2, 0.25) is 0 Å². The summed E-state index contributed by atoms with van der Waals surface area (Å²) in [7, 11) is 0. The van der Waals surface area contributed by atoms with Gasteiger partial charge in [-0.2, -0.15) is 0 Å². The van der Waals surface area contributed by atoms with E-state index in [0.29, 0.717) is 11.1 Å². The first-order valence-electron chi connectivity index (χ1n) is 7.65. The fourth-order valence-electron chi connectivity index (χ4n) is 2.38. The Labute approximate surface area is 143 Å². The number of aromatic nitrogens is 2. The number of amides is 1. The monoisotopic (exact) mass is 333 g/mol. The van der Waals surface area contributed by atoms with Crippen molar-refractivity contribution in [2.24, 2.45) is 0 Å². The highest BCUT2D eigenvalue weighted by atomic mass is 16.2. The summed E-state index contributed by atoms with van der Waals surface area (Å²) >= 11 is 0. The summed E-state index contributed by atoms with van der Waals surface area (Å²) in [6, 6.07) is 18.5. The van der Waals surface area contributed by atoms with Crippen molar-refractivity contribution in [2.45, 2.75) is 6.17 Å². The maximum Gasteiger partial charge on any atom is 0.349 e. The second-order valence-electron chi connectivity index (χ2n) is 5.28. The van der Waals surface area contributed by atoms with Gasteiger partial charge in [0.25, 0.3) is 5.91 Å². The van der Waals surface area contributed by atoms with E-state index >= 15 is 0 Å². The number of carbonyl (C=O) groups is 2. The minimum Gasteiger partial charge on any atom is -0.325 e. The number of nitrogens with one attached hydrogen (secondary N) is 1. The number of nitrogens with zero attached hydrogens (tertiary/aromatic N) is 2. The molecular weight excluding hydrogens is 318 g/mol. The van der Waals surface area contributed by atoms with E-state index in [1.54, 1.807) is 60.7 Å². The number of hydrogen-bond donors (Lipinski definition) is 1. The van der Waals surface area contributed by atoms with Crippen LogP contribution in [0.3, 0.4) is 0 Å². The summed E-state index contributed by atoms with van der Waals surface area (Å²) in [6.07, 6.45) is 1.57. The van der Waals surface area contributed by atoms with Gasteiger partial charge < -0.3 is 5.32 Å². The quantitative estimate of drug-likeness (QED) is 0.725. The van der Waals surface area contributed by atoms with Crippen LogP contribution < -0.4 is 11.0 Å². The molecule has 124 valence electrons. The van der Waals surface area contributed by atoms with Crippen molar-refractivity contribution in [1.82, 2.24) is 14.9 Å². The molecule has 1 atom stereocenters. The van der Waals surface area contributed by atoms with E-state index in [1.165, 1.54) is 18.5 Å². The summed E-state index contributed by atoms with van der Waals surface area (Å²) in [5, 5.41) is 2.62. The van der Waals surface area contributed by atoms with E-state index in [9.17, 15) is 14.4 Å². The Morgan fingerprint density at radius 1 is 0.880 bits per heavy atom. The maximum absolute atomic E-state index is 12.9. The zero-order valence-electron chi connectivity index (χ0n) is 13.2. The van der Waals surface area contributed by atoms with Crippen LogP contribution in [0, 0.1) is 0 Å². The topological polar surface area (TPSA) is 81.1 Å². The third-order valence-electron chi connectivity index (χ3n) is 3.63. The van der Waals surface area contributed by atoms with Crippen LogP contribution in [0.25, 0.3) is 0 Å². The molecule has 0 unspecified atom stereocenters. The molecule has 0 aliphatic rings. The zero-order chi connectivity index (χ0) is 17.6. The number of hydrogen-bond acceptors (Lipinski definition) is 4. The molecule has 1 aromatic heterocycles. The van der Waals surface area contributed by atoms with Crippen LogP contribution in [-0.2, 0) is 0 Å². The third kappa shape index (κ3) is 3.69. The van der Waals surface area contributed by atoms with Gasteiger partial charge in [0.05, 0.1) is 0 Å². The molecule has 25 heavy (non-hydrogen) atoms. The van der Waals surface area contributed by atoms with Gasteiger partial charge in [-0.1, -0.05) is 48.5 Å². The summed E-state index contributed by atoms with van der Waals surface area (Å²) < 4.78 is 1.11. The van der Waals surface area contributed by atoms with Crippen molar-refractivity contribution < 1.29 is 9.59 Å². The molecule has 0 saturated heterocycles.